The summed E-state index contributed by atoms with van der Waals surface area (Å²) in [5.41, 5.74) is 3.93. The number of hydrogen-bond acceptors (Lipinski definition) is 6. The summed E-state index contributed by atoms with van der Waals surface area (Å²) in [6.07, 6.45) is 3.39. The summed E-state index contributed by atoms with van der Waals surface area (Å²) >= 11 is 0. The fraction of sp³-hybridized carbons (Fsp3) is 0.0714. The number of hydrazine groups is 1. The van der Waals surface area contributed by atoms with Gasteiger partial charge in [-0.1, -0.05) is 6.07 Å². The van der Waals surface area contributed by atoms with Crippen molar-refractivity contribution in [3.05, 3.63) is 54.1 Å². The molecule has 2 heterocycles. The quantitative estimate of drug-likeness (QED) is 0.505. The summed E-state index contributed by atoms with van der Waals surface area (Å²) in [7, 11) is 0. The van der Waals surface area contributed by atoms with Crippen LogP contribution in [0.1, 0.15) is 5.56 Å². The number of hydrogen-bond donors (Lipinski definition) is 3. The van der Waals surface area contributed by atoms with Gasteiger partial charge in [0.05, 0.1) is 0 Å². The van der Waals surface area contributed by atoms with Gasteiger partial charge in [0, 0.05) is 24.1 Å². The number of anilines is 3. The first-order valence-electron chi connectivity index (χ1n) is 6.54. The Morgan fingerprint density at radius 3 is 2.82 bits per heavy atom. The van der Waals surface area contributed by atoms with Gasteiger partial charge < -0.3 is 10.7 Å². The van der Waals surface area contributed by atoms with E-state index in [2.05, 4.69) is 25.8 Å². The Hall–Kier alpha value is -3.00. The Bertz CT molecular complexity index is 786. The third kappa shape index (κ3) is 2.86. The Labute approximate surface area is 126 Å². The molecular weight excluding hydrogens is 285 g/mol. The molecule has 0 unspecified atom stereocenters. The van der Waals surface area contributed by atoms with Crippen LogP contribution in [0.5, 0.6) is 0 Å². The number of nitrogens with two attached hydrogens (primary N) is 1. The van der Waals surface area contributed by atoms with Crippen LogP contribution in [0.25, 0.3) is 5.82 Å². The van der Waals surface area contributed by atoms with Crippen LogP contribution in [0, 0.1) is 12.7 Å². The van der Waals surface area contributed by atoms with Crippen LogP contribution in [0.2, 0.25) is 0 Å². The topological polar surface area (TPSA) is 93.7 Å². The number of nitrogen functional groups attached to an aromatic ring is 1. The van der Waals surface area contributed by atoms with E-state index in [1.165, 1.54) is 12.1 Å². The molecule has 0 aliphatic rings. The first-order valence-corrected chi connectivity index (χ1v) is 6.54. The van der Waals surface area contributed by atoms with Gasteiger partial charge in [0.25, 0.3) is 0 Å². The third-order valence-electron chi connectivity index (χ3n) is 3.05. The highest BCUT2D eigenvalue weighted by molar-refractivity contribution is 5.60. The van der Waals surface area contributed by atoms with Gasteiger partial charge in [0.15, 0.2) is 5.82 Å². The van der Waals surface area contributed by atoms with Crippen LogP contribution in [-0.4, -0.2) is 19.7 Å². The zero-order valence-corrected chi connectivity index (χ0v) is 11.8. The zero-order valence-electron chi connectivity index (χ0n) is 11.8. The summed E-state index contributed by atoms with van der Waals surface area (Å²) in [5.74, 6) is 6.32. The lowest BCUT2D eigenvalue weighted by molar-refractivity contribution is 0.628. The molecule has 0 saturated carbocycles. The van der Waals surface area contributed by atoms with Gasteiger partial charge in [-0.15, -0.1) is 0 Å². The molecule has 3 rings (SSSR count). The number of nitrogens with zero attached hydrogens (tertiary/aromatic N) is 4. The monoisotopic (exact) mass is 299 g/mol. The second kappa shape index (κ2) is 5.78. The van der Waals surface area contributed by atoms with E-state index in [-0.39, 0.29) is 11.8 Å². The van der Waals surface area contributed by atoms with E-state index < -0.39 is 0 Å². The summed E-state index contributed by atoms with van der Waals surface area (Å²) in [4.78, 5) is 8.56. The highest BCUT2D eigenvalue weighted by atomic mass is 19.1. The van der Waals surface area contributed by atoms with Crippen LogP contribution < -0.4 is 16.6 Å². The minimum atomic E-state index is -0.339. The van der Waals surface area contributed by atoms with Gasteiger partial charge in [0.2, 0.25) is 5.95 Å². The largest absolute Gasteiger partial charge is 0.324 e. The van der Waals surface area contributed by atoms with Gasteiger partial charge in [-0.3, -0.25) is 0 Å². The summed E-state index contributed by atoms with van der Waals surface area (Å²) in [6, 6.07) is 7.89. The standard InChI is InChI=1S/C14H14FN7/c1-9-3-4-10(15)7-11(9)18-14-19-12(21-16)8-13(20-14)22-6-2-5-17-22/h2-8H,16H2,1H3,(H2,18,19,20,21). The fourth-order valence-electron chi connectivity index (χ4n) is 1.94. The predicted molar refractivity (Wildman–Crippen MR) is 81.4 cm³/mol. The molecule has 1 aromatic carbocycles. The zero-order chi connectivity index (χ0) is 15.5. The molecule has 0 atom stereocenters. The summed E-state index contributed by atoms with van der Waals surface area (Å²) < 4.78 is 14.9. The van der Waals surface area contributed by atoms with Crippen molar-refractivity contribution < 1.29 is 4.39 Å². The smallest absolute Gasteiger partial charge is 0.231 e. The molecule has 3 aromatic rings. The van der Waals surface area contributed by atoms with E-state index in [9.17, 15) is 4.39 Å². The first-order chi connectivity index (χ1) is 10.7. The van der Waals surface area contributed by atoms with Gasteiger partial charge in [-0.25, -0.2) is 14.9 Å². The highest BCUT2D eigenvalue weighted by Crippen LogP contribution is 2.21. The van der Waals surface area contributed by atoms with E-state index in [1.807, 2.05) is 6.92 Å². The van der Waals surface area contributed by atoms with E-state index in [1.54, 1.807) is 35.3 Å². The van der Waals surface area contributed by atoms with Crippen molar-refractivity contribution >= 4 is 17.5 Å². The first kappa shape index (κ1) is 14.0. The molecule has 112 valence electrons. The minimum Gasteiger partial charge on any atom is -0.324 e. The van der Waals surface area contributed by atoms with Crippen LogP contribution in [-0.2, 0) is 0 Å². The van der Waals surface area contributed by atoms with E-state index in [0.29, 0.717) is 17.3 Å². The number of rotatable bonds is 4. The lowest BCUT2D eigenvalue weighted by Crippen LogP contribution is -2.12. The maximum atomic E-state index is 13.4. The molecule has 0 spiro atoms. The Morgan fingerprint density at radius 2 is 2.09 bits per heavy atom. The molecule has 0 aliphatic heterocycles. The Kier molecular flexibility index (Phi) is 3.67. The van der Waals surface area contributed by atoms with Crippen molar-refractivity contribution in [1.29, 1.82) is 0 Å². The predicted octanol–water partition coefficient (Wildman–Crippen LogP) is 2.14. The van der Waals surface area contributed by atoms with Gasteiger partial charge >= 0.3 is 0 Å². The van der Waals surface area contributed by atoms with Gasteiger partial charge in [-0.05, 0) is 30.7 Å². The molecule has 7 nitrogen and oxygen atoms in total. The lowest BCUT2D eigenvalue weighted by atomic mass is 10.2. The van der Waals surface area contributed by atoms with E-state index in [4.69, 9.17) is 5.84 Å². The lowest BCUT2D eigenvalue weighted by Gasteiger charge is -2.11. The van der Waals surface area contributed by atoms with Crippen molar-refractivity contribution in [2.45, 2.75) is 6.92 Å². The summed E-state index contributed by atoms with van der Waals surface area (Å²) in [6.45, 7) is 1.86. The van der Waals surface area contributed by atoms with E-state index >= 15 is 0 Å². The van der Waals surface area contributed by atoms with Crippen molar-refractivity contribution in [3.63, 3.8) is 0 Å². The molecule has 0 saturated heterocycles. The SMILES string of the molecule is Cc1ccc(F)cc1Nc1nc(NN)cc(-n2cccn2)n1. The van der Waals surface area contributed by atoms with Crippen molar-refractivity contribution in [3.8, 4) is 5.82 Å². The van der Waals surface area contributed by atoms with Crippen molar-refractivity contribution in [2.24, 2.45) is 5.84 Å². The van der Waals surface area contributed by atoms with Crippen LogP contribution in [0.15, 0.2) is 42.7 Å². The normalized spacial score (nSPS) is 10.5. The maximum absolute atomic E-state index is 13.4. The number of halogens is 1. The average molecular weight is 299 g/mol. The summed E-state index contributed by atoms with van der Waals surface area (Å²) in [5, 5.41) is 7.10. The molecule has 0 amide bonds. The van der Waals surface area contributed by atoms with Gasteiger partial charge in [-0.2, -0.15) is 15.1 Å². The molecule has 0 radical (unpaired) electrons. The van der Waals surface area contributed by atoms with Crippen LogP contribution >= 0.6 is 0 Å². The average Bonchev–Trinajstić information content (AvgIpc) is 3.05. The molecule has 0 aliphatic carbocycles. The van der Waals surface area contributed by atoms with Gasteiger partial charge in [0.1, 0.15) is 11.6 Å². The van der Waals surface area contributed by atoms with E-state index in [0.717, 1.165) is 5.56 Å². The molecule has 4 N–H and O–H groups in total. The van der Waals surface area contributed by atoms with Crippen molar-refractivity contribution in [2.75, 3.05) is 10.7 Å². The number of nitrogens with one attached hydrogen (secondary N) is 2. The second-order valence-corrected chi connectivity index (χ2v) is 4.61. The third-order valence-corrected chi connectivity index (χ3v) is 3.05. The maximum Gasteiger partial charge on any atom is 0.231 e. The van der Waals surface area contributed by atoms with Crippen LogP contribution in [0.3, 0.4) is 0 Å². The Morgan fingerprint density at radius 1 is 1.23 bits per heavy atom. The molecule has 8 heteroatoms. The van der Waals surface area contributed by atoms with Crippen LogP contribution in [0.4, 0.5) is 21.8 Å². The van der Waals surface area contributed by atoms with Crippen molar-refractivity contribution in [1.82, 2.24) is 19.7 Å². The molecule has 0 fully saturated rings. The molecule has 22 heavy (non-hydrogen) atoms. The number of aryl methyl sites for hydroxylation is 1. The number of benzene rings is 1. The molecule has 2 aromatic heterocycles. The fourth-order valence-corrected chi connectivity index (χ4v) is 1.94. The highest BCUT2D eigenvalue weighted by Gasteiger charge is 2.08. The minimum absolute atomic E-state index is 0.287. The number of aromatic nitrogens is 4. The molecule has 0 bridgehead atoms. The Balaban J connectivity index is 1.99. The molecular formula is C14H14FN7. The second-order valence-electron chi connectivity index (χ2n) is 4.61.